The highest BCUT2D eigenvalue weighted by Gasteiger charge is 2.18. The Labute approximate surface area is 150 Å². The van der Waals surface area contributed by atoms with Gasteiger partial charge < -0.3 is 14.8 Å². The number of carbonyl (C=O) groups is 1. The zero-order valence-corrected chi connectivity index (χ0v) is 14.6. The summed E-state index contributed by atoms with van der Waals surface area (Å²) in [6.45, 7) is 4.31. The molecule has 0 bridgehead atoms. The molecule has 130 valence electrons. The van der Waals surface area contributed by atoms with E-state index in [0.717, 1.165) is 39.2 Å². The smallest absolute Gasteiger partial charge is 0.284 e. The molecule has 0 saturated carbocycles. The molecular weight excluding hydrogens is 328 g/mol. The van der Waals surface area contributed by atoms with E-state index in [1.807, 2.05) is 66.9 Å². The van der Waals surface area contributed by atoms with E-state index >= 15 is 0 Å². The molecule has 0 atom stereocenters. The summed E-state index contributed by atoms with van der Waals surface area (Å²) in [5, 5.41) is 4.02. The zero-order chi connectivity index (χ0) is 18.3. The van der Waals surface area contributed by atoms with Crippen molar-refractivity contribution in [2.75, 3.05) is 0 Å². The summed E-state index contributed by atoms with van der Waals surface area (Å²) in [5.74, 6) is 0.460. The Morgan fingerprint density at radius 2 is 1.92 bits per heavy atom. The molecule has 0 aliphatic heterocycles. The first-order valence-corrected chi connectivity index (χ1v) is 8.32. The van der Waals surface area contributed by atoms with Gasteiger partial charge in [0.05, 0.1) is 16.7 Å². The molecule has 0 fully saturated rings. The average Bonchev–Trinajstić information content (AvgIpc) is 3.16. The minimum absolute atomic E-state index is 0.250. The fourth-order valence-electron chi connectivity index (χ4n) is 3.29. The van der Waals surface area contributed by atoms with E-state index < -0.39 is 5.91 Å². The number of carbonyl (C=O) groups excluding carboxylic acids is 1. The molecule has 2 aromatic heterocycles. The van der Waals surface area contributed by atoms with E-state index in [0.29, 0.717) is 6.54 Å². The second kappa shape index (κ2) is 6.15. The monoisotopic (exact) mass is 346 g/mol. The number of fused-ring (bicyclic) bond motifs is 1. The molecule has 0 radical (unpaired) electrons. The van der Waals surface area contributed by atoms with E-state index in [1.165, 1.54) is 0 Å². The zero-order valence-electron chi connectivity index (χ0n) is 14.6. The normalized spacial score (nSPS) is 11.2. The highest BCUT2D eigenvalue weighted by molar-refractivity contribution is 5.94. The molecule has 2 aromatic carbocycles. The number of aromatic nitrogens is 3. The second-order valence-corrected chi connectivity index (χ2v) is 6.27. The number of imidazole rings is 1. The van der Waals surface area contributed by atoms with Gasteiger partial charge in [-0.05, 0) is 37.1 Å². The van der Waals surface area contributed by atoms with Crippen molar-refractivity contribution in [1.82, 2.24) is 14.7 Å². The van der Waals surface area contributed by atoms with Crippen LogP contribution in [-0.2, 0) is 6.54 Å². The molecule has 1 amide bonds. The first-order chi connectivity index (χ1) is 12.5. The molecule has 2 N–H and O–H groups in total. The van der Waals surface area contributed by atoms with Crippen molar-refractivity contribution in [3.05, 3.63) is 71.4 Å². The summed E-state index contributed by atoms with van der Waals surface area (Å²) in [7, 11) is 0. The van der Waals surface area contributed by atoms with Crippen LogP contribution in [0.15, 0.2) is 53.1 Å². The van der Waals surface area contributed by atoms with Gasteiger partial charge in [0.15, 0.2) is 5.82 Å². The third-order valence-electron chi connectivity index (χ3n) is 4.47. The fraction of sp³-hybridized carbons (Fsp3) is 0.150. The highest BCUT2D eigenvalue weighted by atomic mass is 16.5. The van der Waals surface area contributed by atoms with Crippen molar-refractivity contribution in [2.24, 2.45) is 5.73 Å². The Hall–Kier alpha value is -3.41. The number of benzene rings is 2. The molecule has 6 nitrogen and oxygen atoms in total. The topological polar surface area (TPSA) is 86.9 Å². The fourth-order valence-corrected chi connectivity index (χ4v) is 3.29. The number of nitrogens with two attached hydrogens (primary N) is 1. The molecule has 0 saturated heterocycles. The van der Waals surface area contributed by atoms with Gasteiger partial charge in [0.1, 0.15) is 5.76 Å². The van der Waals surface area contributed by atoms with Crippen LogP contribution in [-0.4, -0.2) is 20.6 Å². The van der Waals surface area contributed by atoms with E-state index in [4.69, 9.17) is 10.3 Å². The third kappa shape index (κ3) is 2.65. The number of hydrogen-bond donors (Lipinski definition) is 1. The predicted molar refractivity (Wildman–Crippen MR) is 98.8 cm³/mol. The van der Waals surface area contributed by atoms with Gasteiger partial charge in [-0.2, -0.15) is 0 Å². The Morgan fingerprint density at radius 1 is 1.15 bits per heavy atom. The van der Waals surface area contributed by atoms with Gasteiger partial charge in [0.25, 0.3) is 5.91 Å². The summed E-state index contributed by atoms with van der Waals surface area (Å²) < 4.78 is 7.14. The lowest BCUT2D eigenvalue weighted by Crippen LogP contribution is -2.18. The number of amides is 1. The lowest BCUT2D eigenvalue weighted by molar-refractivity contribution is 0.0987. The minimum atomic E-state index is -0.545. The SMILES string of the molecule is Cc1noc(C)c1-c1ccc2nc(C(N)=O)n(Cc3ccccc3)c2c1. The van der Waals surface area contributed by atoms with Crippen molar-refractivity contribution in [1.29, 1.82) is 0 Å². The largest absolute Gasteiger partial charge is 0.363 e. The molecule has 4 aromatic rings. The number of aryl methyl sites for hydroxylation is 2. The van der Waals surface area contributed by atoms with Crippen LogP contribution >= 0.6 is 0 Å². The van der Waals surface area contributed by atoms with Crippen molar-refractivity contribution in [2.45, 2.75) is 20.4 Å². The van der Waals surface area contributed by atoms with Crippen molar-refractivity contribution >= 4 is 16.9 Å². The molecule has 6 heteroatoms. The van der Waals surface area contributed by atoms with Gasteiger partial charge in [0.2, 0.25) is 0 Å². The van der Waals surface area contributed by atoms with Crippen LogP contribution in [0.3, 0.4) is 0 Å². The molecule has 26 heavy (non-hydrogen) atoms. The highest BCUT2D eigenvalue weighted by Crippen LogP contribution is 2.30. The number of hydrogen-bond acceptors (Lipinski definition) is 4. The number of nitrogens with zero attached hydrogens (tertiary/aromatic N) is 3. The molecule has 0 spiro atoms. The van der Waals surface area contributed by atoms with Gasteiger partial charge in [-0.1, -0.05) is 41.6 Å². The maximum absolute atomic E-state index is 11.9. The van der Waals surface area contributed by atoms with Gasteiger partial charge >= 0.3 is 0 Å². The predicted octanol–water partition coefficient (Wildman–Crippen LogP) is 3.46. The molecule has 0 unspecified atom stereocenters. The third-order valence-corrected chi connectivity index (χ3v) is 4.47. The van der Waals surface area contributed by atoms with Gasteiger partial charge in [-0.15, -0.1) is 0 Å². The minimum Gasteiger partial charge on any atom is -0.363 e. The number of rotatable bonds is 4. The number of primary amides is 1. The lowest BCUT2D eigenvalue weighted by Gasteiger charge is -2.08. The standard InChI is InChI=1S/C20H18N4O2/c1-12-18(13(2)26-23-12)15-8-9-16-17(10-15)24(20(22-16)19(21)25)11-14-6-4-3-5-7-14/h3-10H,11H2,1-2H3,(H2,21,25). The first-order valence-electron chi connectivity index (χ1n) is 8.32. The molecule has 4 rings (SSSR count). The average molecular weight is 346 g/mol. The molecule has 0 aliphatic carbocycles. The van der Waals surface area contributed by atoms with E-state index in [9.17, 15) is 4.79 Å². The summed E-state index contributed by atoms with van der Waals surface area (Å²) in [6.07, 6.45) is 0. The second-order valence-electron chi connectivity index (χ2n) is 6.27. The van der Waals surface area contributed by atoms with Crippen molar-refractivity contribution < 1.29 is 9.32 Å². The van der Waals surface area contributed by atoms with Gasteiger partial charge in [0, 0.05) is 12.1 Å². The van der Waals surface area contributed by atoms with Crippen LogP contribution in [0.25, 0.3) is 22.2 Å². The molecular formula is C20H18N4O2. The van der Waals surface area contributed by atoms with Crippen LogP contribution in [0, 0.1) is 13.8 Å². The van der Waals surface area contributed by atoms with Gasteiger partial charge in [-0.25, -0.2) is 4.98 Å². The van der Waals surface area contributed by atoms with E-state index in [1.54, 1.807) is 0 Å². The van der Waals surface area contributed by atoms with Crippen LogP contribution in [0.5, 0.6) is 0 Å². The van der Waals surface area contributed by atoms with E-state index in [-0.39, 0.29) is 5.82 Å². The Bertz CT molecular complexity index is 1090. The van der Waals surface area contributed by atoms with Crippen molar-refractivity contribution in [3.63, 3.8) is 0 Å². The summed E-state index contributed by atoms with van der Waals surface area (Å²) >= 11 is 0. The Morgan fingerprint density at radius 3 is 2.58 bits per heavy atom. The molecule has 0 aliphatic rings. The van der Waals surface area contributed by atoms with Gasteiger partial charge in [-0.3, -0.25) is 4.79 Å². The molecule has 2 heterocycles. The van der Waals surface area contributed by atoms with E-state index in [2.05, 4.69) is 10.1 Å². The maximum Gasteiger partial charge on any atom is 0.284 e. The summed E-state index contributed by atoms with van der Waals surface area (Å²) in [6, 6.07) is 15.8. The summed E-state index contributed by atoms with van der Waals surface area (Å²) in [4.78, 5) is 16.3. The van der Waals surface area contributed by atoms with Crippen molar-refractivity contribution in [3.8, 4) is 11.1 Å². The Balaban J connectivity index is 1.91. The first kappa shape index (κ1) is 16.1. The maximum atomic E-state index is 11.9. The van der Waals surface area contributed by atoms with Crippen LogP contribution in [0.4, 0.5) is 0 Å². The van der Waals surface area contributed by atoms with Crippen LogP contribution in [0.2, 0.25) is 0 Å². The quantitative estimate of drug-likeness (QED) is 0.613. The summed E-state index contributed by atoms with van der Waals surface area (Å²) in [5.41, 5.74) is 11.0. The van der Waals surface area contributed by atoms with Crippen LogP contribution in [0.1, 0.15) is 27.6 Å². The van der Waals surface area contributed by atoms with Crippen LogP contribution < -0.4 is 5.73 Å². The lowest BCUT2D eigenvalue weighted by atomic mass is 10.0. The Kier molecular flexibility index (Phi) is 3.80.